The van der Waals surface area contributed by atoms with Crippen molar-refractivity contribution in [2.24, 2.45) is 0 Å². The Morgan fingerprint density at radius 3 is 2.63 bits per heavy atom. The molecule has 4 heterocycles. The highest BCUT2D eigenvalue weighted by atomic mass is 16.1. The molecule has 0 atom stereocenters. The van der Waals surface area contributed by atoms with Crippen molar-refractivity contribution in [3.8, 4) is 0 Å². The van der Waals surface area contributed by atoms with Crippen LogP contribution in [0.2, 0.25) is 0 Å². The lowest BCUT2D eigenvalue weighted by Gasteiger charge is -2.35. The molecule has 30 heavy (non-hydrogen) atoms. The van der Waals surface area contributed by atoms with Crippen LogP contribution in [-0.4, -0.2) is 50.4 Å². The Morgan fingerprint density at radius 2 is 1.87 bits per heavy atom. The number of rotatable bonds is 4. The first-order chi connectivity index (χ1) is 14.6. The van der Waals surface area contributed by atoms with E-state index in [2.05, 4.69) is 37.7 Å². The van der Waals surface area contributed by atoms with Crippen LogP contribution >= 0.6 is 0 Å². The van der Waals surface area contributed by atoms with E-state index in [0.717, 1.165) is 50.5 Å². The molecule has 0 aliphatic carbocycles. The fraction of sp³-hybridized carbons (Fsp3) is 0.522. The van der Waals surface area contributed by atoms with Crippen molar-refractivity contribution in [1.82, 2.24) is 24.2 Å². The number of aromatic nitrogens is 4. The third-order valence-electron chi connectivity index (χ3n) is 6.41. The van der Waals surface area contributed by atoms with Gasteiger partial charge in [0.2, 0.25) is 0 Å². The number of anilines is 1. The van der Waals surface area contributed by atoms with E-state index in [0.29, 0.717) is 5.39 Å². The van der Waals surface area contributed by atoms with E-state index in [9.17, 15) is 4.79 Å². The number of hydrogen-bond donors (Lipinski definition) is 0. The number of fused-ring (bicyclic) bond motifs is 2. The summed E-state index contributed by atoms with van der Waals surface area (Å²) in [5.74, 6) is 0. The Hall–Kier alpha value is -2.67. The van der Waals surface area contributed by atoms with Gasteiger partial charge >= 0.3 is 0 Å². The van der Waals surface area contributed by atoms with Gasteiger partial charge in [-0.3, -0.25) is 18.9 Å². The van der Waals surface area contributed by atoms with Crippen LogP contribution in [0, 0.1) is 0 Å². The molecule has 1 aromatic carbocycles. The SMILES string of the molecule is CC(C)n1cnc2cc(N3CCN(Cc4cc5n(n4)CCCC5)CC3)ccc2c1=O. The van der Waals surface area contributed by atoms with Crippen molar-refractivity contribution in [3.05, 3.63) is 52.3 Å². The average Bonchev–Trinajstić information content (AvgIpc) is 3.16. The summed E-state index contributed by atoms with van der Waals surface area (Å²) in [5.41, 5.74) is 4.56. The summed E-state index contributed by atoms with van der Waals surface area (Å²) < 4.78 is 3.89. The molecule has 5 rings (SSSR count). The van der Waals surface area contributed by atoms with Gasteiger partial charge < -0.3 is 4.90 Å². The number of nitrogens with zero attached hydrogens (tertiary/aromatic N) is 6. The molecule has 3 aromatic rings. The minimum absolute atomic E-state index is 0.0362. The first-order valence-corrected chi connectivity index (χ1v) is 11.1. The molecule has 0 unspecified atom stereocenters. The van der Waals surface area contributed by atoms with Crippen LogP contribution in [0.5, 0.6) is 0 Å². The highest BCUT2D eigenvalue weighted by Gasteiger charge is 2.20. The van der Waals surface area contributed by atoms with Gasteiger partial charge in [-0.15, -0.1) is 0 Å². The van der Waals surface area contributed by atoms with Gasteiger partial charge in [0.1, 0.15) is 0 Å². The zero-order valence-corrected chi connectivity index (χ0v) is 17.9. The molecule has 0 N–H and O–H groups in total. The molecule has 0 saturated carbocycles. The zero-order valence-electron chi connectivity index (χ0n) is 17.9. The topological polar surface area (TPSA) is 59.2 Å². The van der Waals surface area contributed by atoms with Gasteiger partial charge in [-0.1, -0.05) is 0 Å². The van der Waals surface area contributed by atoms with E-state index in [1.54, 1.807) is 10.9 Å². The van der Waals surface area contributed by atoms with Gasteiger partial charge in [0.05, 0.1) is 22.9 Å². The Labute approximate surface area is 176 Å². The number of aryl methyl sites for hydroxylation is 2. The monoisotopic (exact) mass is 406 g/mol. The summed E-state index contributed by atoms with van der Waals surface area (Å²) in [6, 6.07) is 8.46. The normalized spacial score (nSPS) is 17.6. The molecule has 7 nitrogen and oxygen atoms in total. The molecular formula is C23H30N6O. The fourth-order valence-electron chi connectivity index (χ4n) is 4.64. The largest absolute Gasteiger partial charge is 0.369 e. The van der Waals surface area contributed by atoms with Crippen molar-refractivity contribution < 1.29 is 0 Å². The van der Waals surface area contributed by atoms with E-state index in [-0.39, 0.29) is 11.6 Å². The maximum Gasteiger partial charge on any atom is 0.261 e. The predicted molar refractivity (Wildman–Crippen MR) is 119 cm³/mol. The predicted octanol–water partition coefficient (Wildman–Crippen LogP) is 2.83. The van der Waals surface area contributed by atoms with E-state index >= 15 is 0 Å². The minimum Gasteiger partial charge on any atom is -0.369 e. The second-order valence-corrected chi connectivity index (χ2v) is 8.82. The van der Waals surface area contributed by atoms with E-state index < -0.39 is 0 Å². The van der Waals surface area contributed by atoms with E-state index in [1.165, 1.54) is 30.7 Å². The van der Waals surface area contributed by atoms with Crippen LogP contribution in [-0.2, 0) is 19.5 Å². The molecule has 0 radical (unpaired) electrons. The maximum absolute atomic E-state index is 12.6. The van der Waals surface area contributed by atoms with Gasteiger partial charge in [-0.05, 0) is 57.4 Å². The van der Waals surface area contributed by atoms with Crippen molar-refractivity contribution in [2.75, 3.05) is 31.1 Å². The van der Waals surface area contributed by atoms with Crippen LogP contribution in [0.4, 0.5) is 5.69 Å². The second kappa shape index (κ2) is 7.87. The lowest BCUT2D eigenvalue weighted by atomic mass is 10.1. The van der Waals surface area contributed by atoms with Gasteiger partial charge in [-0.2, -0.15) is 5.10 Å². The summed E-state index contributed by atoms with van der Waals surface area (Å²) in [4.78, 5) is 22.1. The number of benzene rings is 1. The molecule has 0 bridgehead atoms. The van der Waals surface area contributed by atoms with Crippen LogP contribution < -0.4 is 10.5 Å². The number of piperazine rings is 1. The van der Waals surface area contributed by atoms with Crippen LogP contribution in [0.15, 0.2) is 35.4 Å². The molecule has 1 saturated heterocycles. The summed E-state index contributed by atoms with van der Waals surface area (Å²) in [7, 11) is 0. The minimum atomic E-state index is 0.0362. The molecule has 0 spiro atoms. The zero-order chi connectivity index (χ0) is 20.7. The molecule has 7 heteroatoms. The fourth-order valence-corrected chi connectivity index (χ4v) is 4.64. The van der Waals surface area contributed by atoms with Crippen molar-refractivity contribution >= 4 is 16.6 Å². The number of hydrogen-bond acceptors (Lipinski definition) is 5. The molecule has 2 aliphatic rings. The van der Waals surface area contributed by atoms with Crippen LogP contribution in [0.3, 0.4) is 0 Å². The molecule has 0 amide bonds. The lowest BCUT2D eigenvalue weighted by molar-refractivity contribution is 0.246. The molecule has 158 valence electrons. The third-order valence-corrected chi connectivity index (χ3v) is 6.41. The average molecular weight is 407 g/mol. The summed E-state index contributed by atoms with van der Waals surface area (Å²) >= 11 is 0. The Bertz CT molecular complexity index is 1080. The third kappa shape index (κ3) is 3.62. The van der Waals surface area contributed by atoms with Crippen molar-refractivity contribution in [2.45, 2.75) is 52.2 Å². The molecule has 2 aliphatic heterocycles. The highest BCUT2D eigenvalue weighted by molar-refractivity contribution is 5.81. The maximum atomic E-state index is 12.6. The summed E-state index contributed by atoms with van der Waals surface area (Å²) in [6.45, 7) is 9.99. The Kier molecular flexibility index (Phi) is 5.06. The molecule has 2 aromatic heterocycles. The molecule has 1 fully saturated rings. The lowest BCUT2D eigenvalue weighted by Crippen LogP contribution is -2.46. The van der Waals surface area contributed by atoms with Crippen molar-refractivity contribution in [1.29, 1.82) is 0 Å². The van der Waals surface area contributed by atoms with Gasteiger partial charge in [0.15, 0.2) is 0 Å². The first-order valence-electron chi connectivity index (χ1n) is 11.1. The Balaban J connectivity index is 1.26. The van der Waals surface area contributed by atoms with Crippen molar-refractivity contribution in [3.63, 3.8) is 0 Å². The smallest absolute Gasteiger partial charge is 0.261 e. The van der Waals surface area contributed by atoms with Gasteiger partial charge in [-0.25, -0.2) is 4.98 Å². The van der Waals surface area contributed by atoms with Crippen LogP contribution in [0.25, 0.3) is 10.9 Å². The first kappa shape index (κ1) is 19.3. The summed E-state index contributed by atoms with van der Waals surface area (Å²) in [5, 5.41) is 5.50. The van der Waals surface area contributed by atoms with Gasteiger partial charge in [0, 0.05) is 56.7 Å². The Morgan fingerprint density at radius 1 is 1.03 bits per heavy atom. The highest BCUT2D eigenvalue weighted by Crippen LogP contribution is 2.22. The quantitative estimate of drug-likeness (QED) is 0.667. The standard InChI is InChI=1S/C23H30N6O/c1-17(2)28-16-24-22-14-19(6-7-21(22)23(28)30)27-11-9-26(10-12-27)15-18-13-20-5-3-4-8-29(20)25-18/h6-7,13-14,16-17H,3-5,8-12,15H2,1-2H3. The van der Waals surface area contributed by atoms with E-state index in [1.807, 2.05) is 19.9 Å². The van der Waals surface area contributed by atoms with Gasteiger partial charge in [0.25, 0.3) is 5.56 Å². The second-order valence-electron chi connectivity index (χ2n) is 8.82. The van der Waals surface area contributed by atoms with E-state index in [4.69, 9.17) is 5.10 Å². The summed E-state index contributed by atoms with van der Waals surface area (Å²) in [6.07, 6.45) is 5.37. The van der Waals surface area contributed by atoms with Crippen LogP contribution in [0.1, 0.15) is 44.1 Å². The molecular weight excluding hydrogens is 376 g/mol.